The fraction of sp³-hybridized carbons (Fsp3) is 0.929. The summed E-state index contributed by atoms with van der Waals surface area (Å²) in [5.74, 6) is -3.47. The Morgan fingerprint density at radius 3 is 1.12 bits per heavy atom. The lowest BCUT2D eigenvalue weighted by Gasteiger charge is -2.51. The minimum Gasteiger partial charge on any atom is -0.394 e. The highest BCUT2D eigenvalue weighted by atomic mass is 16.8. The van der Waals surface area contributed by atoms with E-state index in [1.165, 1.54) is 6.92 Å². The molecule has 8 aliphatic rings. The number of amides is 4. The Bertz CT molecular complexity index is 2620. The summed E-state index contributed by atoms with van der Waals surface area (Å²) in [5.41, 5.74) is 0. The van der Waals surface area contributed by atoms with Crippen LogP contribution in [0.3, 0.4) is 0 Å². The van der Waals surface area contributed by atoms with Gasteiger partial charge in [-0.3, -0.25) is 19.2 Å². The van der Waals surface area contributed by atoms with E-state index in [9.17, 15) is 126 Å². The highest BCUT2D eigenvalue weighted by Gasteiger charge is 2.60. The summed E-state index contributed by atoms with van der Waals surface area (Å²) in [6, 6.07) is -7.16. The van der Waals surface area contributed by atoms with Gasteiger partial charge in [0.15, 0.2) is 50.3 Å². The molecule has 0 aliphatic carbocycles. The zero-order valence-electron chi connectivity index (χ0n) is 54.2. The Hall–Kier alpha value is -3.56. The van der Waals surface area contributed by atoms with E-state index in [0.29, 0.717) is 0 Å². The Labute approximate surface area is 567 Å². The minimum atomic E-state index is -2.32. The van der Waals surface area contributed by atoms with Crippen molar-refractivity contribution in [1.29, 1.82) is 0 Å². The predicted octanol–water partition coefficient (Wildman–Crippen LogP) is -16.8. The van der Waals surface area contributed by atoms with Crippen LogP contribution in [0.5, 0.6) is 0 Å². The first-order valence-electron chi connectivity index (χ1n) is 32.0. The van der Waals surface area contributed by atoms with Crippen molar-refractivity contribution in [2.45, 2.75) is 280 Å². The number of hydrogen-bond acceptors (Lipinski definition) is 40. The number of rotatable bonds is 25. The second-order valence-corrected chi connectivity index (χ2v) is 25.3. The maximum Gasteiger partial charge on any atom is 0.217 e. The molecule has 0 radical (unpaired) electrons. The Morgan fingerprint density at radius 1 is 0.280 bits per heavy atom. The molecule has 44 heteroatoms. The van der Waals surface area contributed by atoms with Gasteiger partial charge in [-0.05, 0) is 6.92 Å². The molecule has 8 heterocycles. The van der Waals surface area contributed by atoms with Gasteiger partial charge in [-0.2, -0.15) is 0 Å². The minimum absolute atomic E-state index is 0.836. The third-order valence-corrected chi connectivity index (χ3v) is 18.2. The summed E-state index contributed by atoms with van der Waals surface area (Å²) < 4.78 is 87.8. The van der Waals surface area contributed by atoms with E-state index in [1.54, 1.807) is 0 Å². The molecule has 0 saturated carbocycles. The van der Waals surface area contributed by atoms with Crippen LogP contribution in [0, 0.1) is 0 Å². The maximum atomic E-state index is 13.0. The molecule has 100 heavy (non-hydrogen) atoms. The summed E-state index contributed by atoms with van der Waals surface area (Å²) in [6.07, 6.45) is -69.2. The van der Waals surface area contributed by atoms with Gasteiger partial charge in [-0.25, -0.2) is 0 Å². The molecule has 25 N–H and O–H groups in total. The molecule has 0 aromatic heterocycles. The second-order valence-electron chi connectivity index (χ2n) is 25.3. The fourth-order valence-corrected chi connectivity index (χ4v) is 12.9. The largest absolute Gasteiger partial charge is 0.394 e. The molecule has 4 amide bonds. The van der Waals surface area contributed by atoms with Crippen LogP contribution >= 0.6 is 0 Å². The smallest absolute Gasteiger partial charge is 0.217 e. The number of aliphatic hydroxyl groups is 21. The van der Waals surface area contributed by atoms with Crippen molar-refractivity contribution in [2.75, 3.05) is 46.2 Å². The molecule has 40 atom stereocenters. The number of carbonyl (C=O) groups is 4. The SMILES string of the molecule is CC(=O)N[C@H]1[C@H](O[C@H]2[C@@H](O)[C@@H](CO[C@@H]3O[C@H](CO)[C@@H](O[C@@H]4O[C@H](CO)[C@H](O)[C@H](O[C@@H]5O[C@H](CO)[C@@H](O)[C@H](O[C@@H]6O[C@H](CO)[C@H](O)[C@H](O)[C@H]6O[C@@H]6O[C@@H](C)[C@@H](O)[C@@H](O)[C@@H]6O)[C@H]5NC(C)=O)[C@H]4O)[C@H](O)[C@H]3NC(C)=O)OC(O)[C@@H]2NC(C)=O)O[C@H](CO)[C@@H](O[C@@H]2O[C@H](CO)[C@H](O)[C@H](O)[C@H]2O)[C@@H]1O. The molecule has 8 rings (SSSR count). The molecular weight excluding hydrogens is 1370 g/mol. The van der Waals surface area contributed by atoms with Crippen molar-refractivity contribution in [2.24, 2.45) is 0 Å². The standard InChI is InChI=1S/C56H94N4O40/c1-13-29(71)37(79)40(82)53(87-13)100-48-39(81)31(73)19(7-62)92-56(48)98-46-28(60-17(5)70)52(89-20(8-63)32(46)74)99-47-33(75)21(9-64)91-55(42(47)84)96-43-22(10-65)93-50(25(35(43)77)57-14(2)67)86-12-24-34(76)45(27(49(85)88-24)59-16(4)69)97-51-26(58-15(3)68)36(78)44(23(11-66)94-51)95-54-41(83)38(80)30(72)18(6-61)90-54/h13,18-56,61-66,71-85H,6-12H2,1-5H3,(H,57,67)(H,58,68)(H,59,69)(H,60,70)/t13-,18+,19+,20+,21+,22+,23+,24+,25+,26+,27+,28+,29+,30-,31-,32+,33-,34-,35+,36+,37+,38-,39-,40-,41+,42+,43+,44+,45+,46+,47-,48+,49?,50+,51-,52-,53-,54-,55-,56-/m0/s1. The van der Waals surface area contributed by atoms with Crippen LogP contribution in [-0.2, 0) is 90.2 Å². The summed E-state index contributed by atoms with van der Waals surface area (Å²) >= 11 is 0. The van der Waals surface area contributed by atoms with Crippen molar-refractivity contribution in [3.05, 3.63) is 0 Å². The molecule has 8 aliphatic heterocycles. The zero-order chi connectivity index (χ0) is 73.8. The maximum absolute atomic E-state index is 13.0. The monoisotopic (exact) mass is 1460 g/mol. The molecular formula is C56H94N4O40. The first-order valence-corrected chi connectivity index (χ1v) is 32.0. The van der Waals surface area contributed by atoms with Gasteiger partial charge in [0.1, 0.15) is 189 Å². The Morgan fingerprint density at radius 2 is 0.610 bits per heavy atom. The molecule has 0 aromatic rings. The van der Waals surface area contributed by atoms with Crippen molar-refractivity contribution >= 4 is 23.6 Å². The van der Waals surface area contributed by atoms with Crippen molar-refractivity contribution in [3.8, 4) is 0 Å². The molecule has 0 spiro atoms. The highest BCUT2D eigenvalue weighted by molar-refractivity contribution is 5.74. The van der Waals surface area contributed by atoms with Gasteiger partial charge >= 0.3 is 0 Å². The van der Waals surface area contributed by atoms with E-state index >= 15 is 0 Å². The van der Waals surface area contributed by atoms with Gasteiger partial charge in [0.2, 0.25) is 23.6 Å². The first kappa shape index (κ1) is 82.1. The summed E-state index contributed by atoms with van der Waals surface area (Å²) in [6.45, 7) is -1.82. The quantitative estimate of drug-likeness (QED) is 0.0404. The highest BCUT2D eigenvalue weighted by Crippen LogP contribution is 2.39. The van der Waals surface area contributed by atoms with Crippen LogP contribution in [0.4, 0.5) is 0 Å². The molecule has 44 nitrogen and oxygen atoms in total. The molecule has 578 valence electrons. The van der Waals surface area contributed by atoms with Crippen LogP contribution in [0.15, 0.2) is 0 Å². The molecule has 0 bridgehead atoms. The van der Waals surface area contributed by atoms with E-state index < -0.39 is 315 Å². The van der Waals surface area contributed by atoms with Crippen molar-refractivity contribution in [1.82, 2.24) is 21.3 Å². The molecule has 1 unspecified atom stereocenters. The van der Waals surface area contributed by atoms with Crippen LogP contribution in [0.25, 0.3) is 0 Å². The number of nitrogens with one attached hydrogen (secondary N) is 4. The van der Waals surface area contributed by atoms with Gasteiger partial charge in [-0.15, -0.1) is 0 Å². The first-order chi connectivity index (χ1) is 47.2. The van der Waals surface area contributed by atoms with Crippen LogP contribution in [-0.4, -0.2) is 423 Å². The van der Waals surface area contributed by atoms with Gasteiger partial charge in [-0.1, -0.05) is 0 Å². The summed E-state index contributed by atoms with van der Waals surface area (Å²) in [5, 5.41) is 240. The van der Waals surface area contributed by atoms with Crippen LogP contribution in [0.2, 0.25) is 0 Å². The van der Waals surface area contributed by atoms with Gasteiger partial charge in [0, 0.05) is 27.7 Å². The topological polar surface area (TPSA) is 680 Å². The Kier molecular flexibility index (Phi) is 29.3. The summed E-state index contributed by atoms with van der Waals surface area (Å²) in [7, 11) is 0. The molecule has 8 fully saturated rings. The number of ether oxygens (including phenoxy) is 15. The zero-order valence-corrected chi connectivity index (χ0v) is 54.2. The van der Waals surface area contributed by atoms with Crippen LogP contribution < -0.4 is 21.3 Å². The van der Waals surface area contributed by atoms with E-state index in [-0.39, 0.29) is 0 Å². The molecule has 0 aromatic carbocycles. The number of carbonyl (C=O) groups excluding carboxylic acids is 4. The predicted molar refractivity (Wildman–Crippen MR) is 309 cm³/mol. The fourth-order valence-electron chi connectivity index (χ4n) is 12.9. The van der Waals surface area contributed by atoms with E-state index in [2.05, 4.69) is 21.3 Å². The van der Waals surface area contributed by atoms with Crippen molar-refractivity contribution in [3.63, 3.8) is 0 Å². The van der Waals surface area contributed by atoms with E-state index in [1.807, 2.05) is 0 Å². The lowest BCUT2D eigenvalue weighted by Crippen LogP contribution is -2.71. The van der Waals surface area contributed by atoms with E-state index in [0.717, 1.165) is 27.7 Å². The van der Waals surface area contributed by atoms with Gasteiger partial charge < -0.3 is 200 Å². The lowest BCUT2D eigenvalue weighted by atomic mass is 9.93. The number of hydrogen-bond donors (Lipinski definition) is 25. The average Bonchev–Trinajstić information content (AvgIpc) is 0.772. The van der Waals surface area contributed by atoms with Gasteiger partial charge in [0.25, 0.3) is 0 Å². The second kappa shape index (κ2) is 35.7. The third kappa shape index (κ3) is 18.1. The normalized spacial score (nSPS) is 48.7. The van der Waals surface area contributed by atoms with E-state index in [4.69, 9.17) is 71.1 Å². The lowest BCUT2D eigenvalue weighted by molar-refractivity contribution is -0.389. The van der Waals surface area contributed by atoms with Gasteiger partial charge in [0.05, 0.1) is 52.4 Å². The summed E-state index contributed by atoms with van der Waals surface area (Å²) in [4.78, 5) is 51.1. The van der Waals surface area contributed by atoms with Crippen LogP contribution in [0.1, 0.15) is 34.6 Å². The van der Waals surface area contributed by atoms with Crippen molar-refractivity contribution < 1.29 is 197 Å². The Balaban J connectivity index is 0.995. The number of aliphatic hydroxyl groups excluding tert-OH is 21. The molecule has 8 saturated heterocycles. The average molecular weight is 1460 g/mol. The third-order valence-electron chi connectivity index (χ3n) is 18.2.